The highest BCUT2D eigenvalue weighted by Gasteiger charge is 2.20. The number of fused-ring (bicyclic) bond motifs is 1. The van der Waals surface area contributed by atoms with Gasteiger partial charge in [-0.1, -0.05) is 41.9 Å². The molecule has 0 radical (unpaired) electrons. The number of nitrogens with zero attached hydrogens (tertiary/aromatic N) is 2. The minimum atomic E-state index is -0.504. The first-order chi connectivity index (χ1) is 14.5. The maximum absolute atomic E-state index is 13.4. The molecule has 6 nitrogen and oxygen atoms in total. The highest BCUT2D eigenvalue weighted by molar-refractivity contribution is 6.35. The number of amides is 1. The first kappa shape index (κ1) is 19.7. The second kappa shape index (κ2) is 8.00. The molecule has 0 aliphatic carbocycles. The number of nitrogens with two attached hydrogens (primary N) is 1. The molecule has 0 fully saturated rings. The number of halogens is 1. The zero-order valence-corrected chi connectivity index (χ0v) is 16.9. The van der Waals surface area contributed by atoms with Crippen molar-refractivity contribution in [3.8, 4) is 5.69 Å². The van der Waals surface area contributed by atoms with Gasteiger partial charge in [0.05, 0.1) is 22.1 Å². The number of nitrogen functional groups attached to an aromatic ring is 1. The third-order valence-corrected chi connectivity index (χ3v) is 5.20. The molecule has 30 heavy (non-hydrogen) atoms. The summed E-state index contributed by atoms with van der Waals surface area (Å²) in [6, 6.07) is 19.2. The molecular weight excluding hydrogens is 400 g/mol. The van der Waals surface area contributed by atoms with Crippen molar-refractivity contribution < 1.29 is 4.79 Å². The van der Waals surface area contributed by atoms with E-state index in [2.05, 4.69) is 10.3 Å². The van der Waals surface area contributed by atoms with Gasteiger partial charge in [0.1, 0.15) is 0 Å². The zero-order valence-electron chi connectivity index (χ0n) is 16.2. The van der Waals surface area contributed by atoms with Gasteiger partial charge in [-0.2, -0.15) is 0 Å². The molecule has 0 aliphatic heterocycles. The van der Waals surface area contributed by atoms with Crippen LogP contribution in [0, 0.1) is 0 Å². The average molecular weight is 419 g/mol. The van der Waals surface area contributed by atoms with Crippen molar-refractivity contribution in [2.24, 2.45) is 0 Å². The Bertz CT molecular complexity index is 1300. The predicted octanol–water partition coefficient (Wildman–Crippen LogP) is 4.11. The Balaban J connectivity index is 1.86. The Morgan fingerprint density at radius 1 is 1.10 bits per heavy atom. The van der Waals surface area contributed by atoms with E-state index in [4.69, 9.17) is 17.3 Å². The Labute approximate surface area is 177 Å². The van der Waals surface area contributed by atoms with E-state index in [-0.39, 0.29) is 16.9 Å². The van der Waals surface area contributed by atoms with Crippen LogP contribution in [0.1, 0.15) is 29.1 Å². The van der Waals surface area contributed by atoms with E-state index < -0.39 is 11.9 Å². The Morgan fingerprint density at radius 3 is 2.60 bits per heavy atom. The number of hydrogen-bond acceptors (Lipinski definition) is 4. The minimum absolute atomic E-state index is 0.141. The first-order valence-corrected chi connectivity index (χ1v) is 9.76. The van der Waals surface area contributed by atoms with E-state index in [0.29, 0.717) is 27.2 Å². The van der Waals surface area contributed by atoms with Gasteiger partial charge in [0.25, 0.3) is 11.5 Å². The van der Waals surface area contributed by atoms with Crippen molar-refractivity contribution in [1.82, 2.24) is 14.9 Å². The Hall–Kier alpha value is -3.64. The Kier molecular flexibility index (Phi) is 5.25. The van der Waals surface area contributed by atoms with Crippen LogP contribution < -0.4 is 16.6 Å². The molecule has 2 aromatic heterocycles. The maximum atomic E-state index is 13.4. The number of carbonyl (C=O) groups excluding carboxylic acids is 1. The van der Waals surface area contributed by atoms with Crippen molar-refractivity contribution in [3.05, 3.63) is 99.7 Å². The maximum Gasteiger partial charge on any atom is 0.272 e. The lowest BCUT2D eigenvalue weighted by Crippen LogP contribution is -2.32. The van der Waals surface area contributed by atoms with E-state index in [9.17, 15) is 9.59 Å². The summed E-state index contributed by atoms with van der Waals surface area (Å²) in [5, 5.41) is 4.41. The lowest BCUT2D eigenvalue weighted by atomic mass is 10.1. The van der Waals surface area contributed by atoms with Gasteiger partial charge in [-0.3, -0.25) is 14.2 Å². The zero-order chi connectivity index (χ0) is 21.3. The van der Waals surface area contributed by atoms with Gasteiger partial charge < -0.3 is 11.1 Å². The molecule has 2 heterocycles. The fourth-order valence-corrected chi connectivity index (χ4v) is 3.71. The summed E-state index contributed by atoms with van der Waals surface area (Å²) in [4.78, 5) is 30.2. The van der Waals surface area contributed by atoms with Gasteiger partial charge in [-0.25, -0.2) is 4.98 Å². The van der Waals surface area contributed by atoms with Crippen molar-refractivity contribution >= 4 is 34.0 Å². The van der Waals surface area contributed by atoms with Gasteiger partial charge >= 0.3 is 0 Å². The van der Waals surface area contributed by atoms with Gasteiger partial charge in [0.15, 0.2) is 5.69 Å². The van der Waals surface area contributed by atoms with Crippen LogP contribution in [-0.2, 0) is 0 Å². The molecule has 4 aromatic rings. The normalized spacial score (nSPS) is 11.9. The average Bonchev–Trinajstić information content (AvgIpc) is 2.74. The van der Waals surface area contributed by atoms with E-state index >= 15 is 0 Å². The molecule has 4 rings (SSSR count). The van der Waals surface area contributed by atoms with Crippen molar-refractivity contribution in [2.75, 3.05) is 5.73 Å². The summed E-state index contributed by atoms with van der Waals surface area (Å²) in [7, 11) is 0. The minimum Gasteiger partial charge on any atom is -0.397 e. The molecule has 0 aliphatic rings. The number of carbonyl (C=O) groups is 1. The molecule has 0 saturated carbocycles. The molecular formula is C23H19ClN4O2. The summed E-state index contributed by atoms with van der Waals surface area (Å²) < 4.78 is 1.57. The number of rotatable bonds is 4. The highest BCUT2D eigenvalue weighted by Crippen LogP contribution is 2.25. The second-order valence-corrected chi connectivity index (χ2v) is 7.29. The van der Waals surface area contributed by atoms with Gasteiger partial charge in [0, 0.05) is 17.6 Å². The van der Waals surface area contributed by atoms with E-state index in [1.54, 1.807) is 28.8 Å². The standard InChI is InChI=1S/C23H19ClN4O2/c1-14(27-22(29)21-18(25)11-6-12-26-21)19-13-15-7-5-10-17(24)20(15)23(30)28(19)16-8-3-2-4-9-16/h2-14H,25H2,1H3,(H,27,29). The van der Waals surface area contributed by atoms with E-state index in [0.717, 1.165) is 0 Å². The number of anilines is 1. The molecule has 150 valence electrons. The molecule has 7 heteroatoms. The van der Waals surface area contributed by atoms with Gasteiger partial charge in [0.2, 0.25) is 0 Å². The van der Waals surface area contributed by atoms with Crippen molar-refractivity contribution in [1.29, 1.82) is 0 Å². The topological polar surface area (TPSA) is 90.0 Å². The number of nitrogens with one attached hydrogen (secondary N) is 1. The molecule has 1 amide bonds. The van der Waals surface area contributed by atoms with Gasteiger partial charge in [-0.15, -0.1) is 0 Å². The largest absolute Gasteiger partial charge is 0.397 e. The first-order valence-electron chi connectivity index (χ1n) is 9.38. The molecule has 0 saturated heterocycles. The van der Waals surface area contributed by atoms with Crippen LogP contribution in [0.5, 0.6) is 0 Å². The number of pyridine rings is 2. The molecule has 1 unspecified atom stereocenters. The third kappa shape index (κ3) is 3.53. The number of benzene rings is 2. The van der Waals surface area contributed by atoms with Crippen LogP contribution >= 0.6 is 11.6 Å². The van der Waals surface area contributed by atoms with Crippen LogP contribution in [-0.4, -0.2) is 15.5 Å². The summed E-state index contributed by atoms with van der Waals surface area (Å²) >= 11 is 6.33. The number of aromatic nitrogens is 2. The lowest BCUT2D eigenvalue weighted by molar-refractivity contribution is 0.0934. The fraction of sp³-hybridized carbons (Fsp3) is 0.0870. The molecule has 2 aromatic carbocycles. The van der Waals surface area contributed by atoms with Crippen LogP contribution in [0.25, 0.3) is 16.5 Å². The van der Waals surface area contributed by atoms with Crippen LogP contribution in [0.2, 0.25) is 5.02 Å². The van der Waals surface area contributed by atoms with Crippen molar-refractivity contribution in [2.45, 2.75) is 13.0 Å². The molecule has 1 atom stereocenters. The number of para-hydroxylation sites is 1. The summed E-state index contributed by atoms with van der Waals surface area (Å²) in [6.07, 6.45) is 1.51. The van der Waals surface area contributed by atoms with Crippen molar-refractivity contribution in [3.63, 3.8) is 0 Å². The second-order valence-electron chi connectivity index (χ2n) is 6.89. The fourth-order valence-electron chi connectivity index (χ4n) is 3.45. The van der Waals surface area contributed by atoms with E-state index in [1.165, 1.54) is 6.20 Å². The summed E-state index contributed by atoms with van der Waals surface area (Å²) in [6.45, 7) is 1.81. The van der Waals surface area contributed by atoms with E-state index in [1.807, 2.05) is 49.4 Å². The predicted molar refractivity (Wildman–Crippen MR) is 119 cm³/mol. The SMILES string of the molecule is CC(NC(=O)c1ncccc1N)c1cc2cccc(Cl)c2c(=O)n1-c1ccccc1. The quantitative estimate of drug-likeness (QED) is 0.521. The highest BCUT2D eigenvalue weighted by atomic mass is 35.5. The van der Waals surface area contributed by atoms with Crippen LogP contribution in [0.4, 0.5) is 5.69 Å². The number of hydrogen-bond donors (Lipinski definition) is 2. The van der Waals surface area contributed by atoms with Crippen LogP contribution in [0.15, 0.2) is 77.7 Å². The summed E-state index contributed by atoms with van der Waals surface area (Å²) in [5.41, 5.74) is 7.35. The lowest BCUT2D eigenvalue weighted by Gasteiger charge is -2.21. The molecule has 3 N–H and O–H groups in total. The summed E-state index contributed by atoms with van der Waals surface area (Å²) in [5.74, 6) is -0.418. The monoisotopic (exact) mass is 418 g/mol. The van der Waals surface area contributed by atoms with Gasteiger partial charge in [-0.05, 0) is 48.7 Å². The molecule has 0 spiro atoms. The Morgan fingerprint density at radius 2 is 1.87 bits per heavy atom. The smallest absolute Gasteiger partial charge is 0.272 e. The molecule has 0 bridgehead atoms. The van der Waals surface area contributed by atoms with Crippen LogP contribution in [0.3, 0.4) is 0 Å². The third-order valence-electron chi connectivity index (χ3n) is 4.88.